The SMILES string of the molecule is CCCCC1=C(O[Si](C(C)C)(C(C)C)C(C)C)C(C#N)C1. The number of nitriles is 1. The summed E-state index contributed by atoms with van der Waals surface area (Å²) < 4.78 is 6.77. The van der Waals surface area contributed by atoms with Gasteiger partial charge in [0.1, 0.15) is 5.92 Å². The van der Waals surface area contributed by atoms with Crippen LogP contribution < -0.4 is 0 Å². The first-order valence-corrected chi connectivity index (χ1v) is 10.8. The van der Waals surface area contributed by atoms with Gasteiger partial charge in [-0.2, -0.15) is 5.26 Å². The number of allylic oxidation sites excluding steroid dienone is 2. The molecule has 0 heterocycles. The Kier molecular flexibility index (Phi) is 6.53. The lowest BCUT2D eigenvalue weighted by atomic mass is 9.82. The maximum atomic E-state index is 9.36. The fraction of sp³-hybridized carbons (Fsp3) is 0.833. The van der Waals surface area contributed by atoms with Crippen molar-refractivity contribution < 1.29 is 4.43 Å². The van der Waals surface area contributed by atoms with Gasteiger partial charge in [-0.25, -0.2) is 0 Å². The second-order valence-electron chi connectivity index (χ2n) is 7.38. The molecule has 1 rings (SSSR count). The second kappa shape index (κ2) is 7.49. The van der Waals surface area contributed by atoms with Gasteiger partial charge in [0.2, 0.25) is 0 Å². The predicted octanol–water partition coefficient (Wildman–Crippen LogP) is 6.17. The molecule has 0 fully saturated rings. The zero-order valence-corrected chi connectivity index (χ0v) is 16.0. The first-order chi connectivity index (χ1) is 9.81. The minimum Gasteiger partial charge on any atom is -0.545 e. The molecule has 0 aromatic carbocycles. The Morgan fingerprint density at radius 3 is 2.05 bits per heavy atom. The van der Waals surface area contributed by atoms with E-state index in [1.54, 1.807) is 0 Å². The van der Waals surface area contributed by atoms with Crippen LogP contribution in [0.25, 0.3) is 0 Å². The van der Waals surface area contributed by atoms with Crippen molar-refractivity contribution in [3.05, 3.63) is 11.3 Å². The van der Waals surface area contributed by atoms with E-state index < -0.39 is 8.32 Å². The first-order valence-electron chi connectivity index (χ1n) is 8.61. The van der Waals surface area contributed by atoms with E-state index in [-0.39, 0.29) is 5.92 Å². The van der Waals surface area contributed by atoms with Crippen molar-refractivity contribution in [1.29, 1.82) is 5.26 Å². The average molecular weight is 308 g/mol. The van der Waals surface area contributed by atoms with Crippen LogP contribution in [0.4, 0.5) is 0 Å². The van der Waals surface area contributed by atoms with E-state index in [0.29, 0.717) is 16.6 Å². The van der Waals surface area contributed by atoms with Gasteiger partial charge in [0.25, 0.3) is 8.32 Å². The van der Waals surface area contributed by atoms with Gasteiger partial charge in [0.15, 0.2) is 0 Å². The zero-order chi connectivity index (χ0) is 16.2. The molecule has 0 saturated carbocycles. The Hall–Kier alpha value is -0.753. The topological polar surface area (TPSA) is 33.0 Å². The molecular formula is C18H33NOSi. The summed E-state index contributed by atoms with van der Waals surface area (Å²) >= 11 is 0. The second-order valence-corrected chi connectivity index (χ2v) is 12.8. The van der Waals surface area contributed by atoms with E-state index in [2.05, 4.69) is 54.5 Å². The van der Waals surface area contributed by atoms with Crippen molar-refractivity contribution >= 4 is 8.32 Å². The van der Waals surface area contributed by atoms with Crippen molar-refractivity contribution in [2.75, 3.05) is 0 Å². The van der Waals surface area contributed by atoms with Crippen LogP contribution >= 0.6 is 0 Å². The number of hydrogen-bond acceptors (Lipinski definition) is 2. The van der Waals surface area contributed by atoms with Crippen molar-refractivity contribution in [3.63, 3.8) is 0 Å². The predicted molar refractivity (Wildman–Crippen MR) is 92.4 cm³/mol. The Morgan fingerprint density at radius 1 is 1.14 bits per heavy atom. The molecule has 0 amide bonds. The van der Waals surface area contributed by atoms with Crippen LogP contribution in [0.1, 0.15) is 74.1 Å². The van der Waals surface area contributed by atoms with E-state index in [0.717, 1.165) is 18.6 Å². The smallest absolute Gasteiger partial charge is 0.258 e. The summed E-state index contributed by atoms with van der Waals surface area (Å²) in [5.74, 6) is 1.08. The summed E-state index contributed by atoms with van der Waals surface area (Å²) in [4.78, 5) is 0. The molecule has 1 aliphatic rings. The molecular weight excluding hydrogens is 274 g/mol. The van der Waals surface area contributed by atoms with Crippen LogP contribution in [0.3, 0.4) is 0 Å². The van der Waals surface area contributed by atoms with E-state index in [1.807, 2.05) is 0 Å². The fourth-order valence-electron chi connectivity index (χ4n) is 3.96. The molecule has 0 saturated heterocycles. The van der Waals surface area contributed by atoms with Crippen molar-refractivity contribution in [3.8, 4) is 6.07 Å². The van der Waals surface area contributed by atoms with Crippen molar-refractivity contribution in [1.82, 2.24) is 0 Å². The third-order valence-corrected chi connectivity index (χ3v) is 11.1. The van der Waals surface area contributed by atoms with Crippen LogP contribution in [0.15, 0.2) is 11.3 Å². The lowest BCUT2D eigenvalue weighted by Crippen LogP contribution is -2.49. The highest BCUT2D eigenvalue weighted by atomic mass is 28.4. The summed E-state index contributed by atoms with van der Waals surface area (Å²) in [7, 11) is -1.91. The van der Waals surface area contributed by atoms with Crippen molar-refractivity contribution in [2.24, 2.45) is 5.92 Å². The molecule has 2 nitrogen and oxygen atoms in total. The normalized spacial score (nSPS) is 19.2. The molecule has 0 aromatic heterocycles. The Bertz CT molecular complexity index is 396. The fourth-order valence-corrected chi connectivity index (χ4v) is 9.34. The van der Waals surface area contributed by atoms with Gasteiger partial charge in [0.05, 0.1) is 11.8 Å². The van der Waals surface area contributed by atoms with Gasteiger partial charge >= 0.3 is 0 Å². The van der Waals surface area contributed by atoms with Crippen molar-refractivity contribution in [2.45, 2.75) is 90.8 Å². The van der Waals surface area contributed by atoms with Gasteiger partial charge < -0.3 is 4.43 Å². The molecule has 21 heavy (non-hydrogen) atoms. The number of nitrogens with zero attached hydrogens (tertiary/aromatic N) is 1. The minimum absolute atomic E-state index is 0.0139. The number of hydrogen-bond donors (Lipinski definition) is 0. The Balaban J connectivity index is 3.09. The summed E-state index contributed by atoms with van der Waals surface area (Å²) in [5.41, 5.74) is 3.12. The molecule has 1 aliphatic carbocycles. The highest BCUT2D eigenvalue weighted by molar-refractivity contribution is 6.77. The third-order valence-electron chi connectivity index (χ3n) is 5.10. The van der Waals surface area contributed by atoms with E-state index in [1.165, 1.54) is 18.4 Å². The lowest BCUT2D eigenvalue weighted by Gasteiger charge is -2.46. The number of unbranched alkanes of at least 4 members (excludes halogenated alkanes) is 1. The molecule has 3 heteroatoms. The molecule has 0 bridgehead atoms. The van der Waals surface area contributed by atoms with Crippen LogP contribution in [-0.2, 0) is 4.43 Å². The molecule has 1 unspecified atom stereocenters. The molecule has 1 atom stereocenters. The Labute approximate surface area is 132 Å². The third kappa shape index (κ3) is 3.53. The molecule has 0 aliphatic heterocycles. The standard InChI is InChI=1S/C18H33NOSi/c1-8-9-10-16-11-17(12-19)18(16)20-21(13(2)3,14(4)5)15(6)7/h13-15,17H,8-11H2,1-7H3. The quantitative estimate of drug-likeness (QED) is 0.503. The maximum absolute atomic E-state index is 9.36. The average Bonchev–Trinajstić information content (AvgIpc) is 2.37. The van der Waals surface area contributed by atoms with E-state index in [9.17, 15) is 5.26 Å². The molecule has 0 radical (unpaired) electrons. The van der Waals surface area contributed by atoms with Gasteiger partial charge in [-0.3, -0.25) is 0 Å². The van der Waals surface area contributed by atoms with Crippen LogP contribution in [0.5, 0.6) is 0 Å². The summed E-state index contributed by atoms with van der Waals surface area (Å²) in [6.07, 6.45) is 4.46. The molecule has 0 spiro atoms. The van der Waals surface area contributed by atoms with Crippen LogP contribution in [0, 0.1) is 17.2 Å². The minimum atomic E-state index is -1.91. The van der Waals surface area contributed by atoms with Gasteiger partial charge in [0, 0.05) is 0 Å². The van der Waals surface area contributed by atoms with Crippen LogP contribution in [-0.4, -0.2) is 8.32 Å². The largest absolute Gasteiger partial charge is 0.545 e. The maximum Gasteiger partial charge on any atom is 0.258 e. The summed E-state index contributed by atoms with van der Waals surface area (Å²) in [5, 5.41) is 9.36. The molecule has 0 aromatic rings. The first kappa shape index (κ1) is 18.3. The van der Waals surface area contributed by atoms with Gasteiger partial charge in [-0.05, 0) is 41.5 Å². The highest BCUT2D eigenvalue weighted by Gasteiger charge is 2.49. The molecule has 120 valence electrons. The van der Waals surface area contributed by atoms with Gasteiger partial charge in [-0.15, -0.1) is 0 Å². The van der Waals surface area contributed by atoms with E-state index in [4.69, 9.17) is 4.43 Å². The summed E-state index contributed by atoms with van der Waals surface area (Å²) in [6, 6.07) is 2.44. The van der Waals surface area contributed by atoms with Gasteiger partial charge in [-0.1, -0.05) is 54.9 Å². The van der Waals surface area contributed by atoms with Crippen LogP contribution in [0.2, 0.25) is 16.6 Å². The summed E-state index contributed by atoms with van der Waals surface area (Å²) in [6.45, 7) is 16.0. The monoisotopic (exact) mass is 307 g/mol. The Morgan fingerprint density at radius 2 is 1.67 bits per heavy atom. The molecule has 0 N–H and O–H groups in total. The lowest BCUT2D eigenvalue weighted by molar-refractivity contribution is 0.291. The number of rotatable bonds is 8. The zero-order valence-electron chi connectivity index (χ0n) is 15.0. The van der Waals surface area contributed by atoms with E-state index >= 15 is 0 Å². The highest BCUT2D eigenvalue weighted by Crippen LogP contribution is 2.48.